The molecule has 3 heteroatoms. The number of hydrogen-bond acceptors (Lipinski definition) is 3. The molecule has 0 saturated carbocycles. The average molecular weight is 222 g/mol. The summed E-state index contributed by atoms with van der Waals surface area (Å²) in [6.07, 6.45) is 0. The average Bonchev–Trinajstić information content (AvgIpc) is 2.28. The van der Waals surface area contributed by atoms with Crippen molar-refractivity contribution in [2.24, 2.45) is 5.73 Å². The van der Waals surface area contributed by atoms with Gasteiger partial charge in [0.15, 0.2) is 0 Å². The van der Waals surface area contributed by atoms with E-state index in [0.29, 0.717) is 6.04 Å². The van der Waals surface area contributed by atoms with Crippen LogP contribution < -0.4 is 10.5 Å². The van der Waals surface area contributed by atoms with E-state index in [2.05, 4.69) is 24.9 Å². The van der Waals surface area contributed by atoms with E-state index in [4.69, 9.17) is 10.5 Å². The lowest BCUT2D eigenvalue weighted by Gasteiger charge is -2.28. The molecule has 0 spiro atoms. The number of nitrogens with two attached hydrogens (primary N) is 1. The zero-order chi connectivity index (χ0) is 12.1. The molecule has 0 heterocycles. The molecule has 0 amide bonds. The second-order valence-corrected chi connectivity index (χ2v) is 4.33. The third-order valence-electron chi connectivity index (χ3n) is 3.07. The quantitative estimate of drug-likeness (QED) is 0.826. The van der Waals surface area contributed by atoms with Gasteiger partial charge >= 0.3 is 0 Å². The Morgan fingerprint density at radius 2 is 1.94 bits per heavy atom. The first kappa shape index (κ1) is 13.0. The summed E-state index contributed by atoms with van der Waals surface area (Å²) in [6, 6.07) is 8.60. The van der Waals surface area contributed by atoms with E-state index in [1.54, 1.807) is 7.11 Å². The first-order valence-corrected chi connectivity index (χ1v) is 5.64. The molecule has 16 heavy (non-hydrogen) atoms. The molecule has 0 radical (unpaired) electrons. The lowest BCUT2D eigenvalue weighted by atomic mass is 10.1. The highest BCUT2D eigenvalue weighted by Crippen LogP contribution is 2.19. The maximum Gasteiger partial charge on any atom is 0.123 e. The fourth-order valence-corrected chi connectivity index (χ4v) is 1.65. The fraction of sp³-hybridized carbons (Fsp3) is 0.538. The number of benzene rings is 1. The first-order valence-electron chi connectivity index (χ1n) is 5.64. The van der Waals surface area contributed by atoms with Gasteiger partial charge < -0.3 is 10.5 Å². The third-order valence-corrected chi connectivity index (χ3v) is 3.07. The molecule has 90 valence electrons. The Labute approximate surface area is 98.2 Å². The van der Waals surface area contributed by atoms with E-state index < -0.39 is 0 Å². The van der Waals surface area contributed by atoms with Crippen LogP contribution in [0.1, 0.15) is 19.4 Å². The largest absolute Gasteiger partial charge is 0.496 e. The molecule has 0 aromatic heterocycles. The second-order valence-electron chi connectivity index (χ2n) is 4.33. The lowest BCUT2D eigenvalue weighted by Crippen LogP contribution is -2.41. The summed E-state index contributed by atoms with van der Waals surface area (Å²) in [4.78, 5) is 2.24. The van der Waals surface area contributed by atoms with Gasteiger partial charge in [0.1, 0.15) is 5.75 Å². The van der Waals surface area contributed by atoms with Gasteiger partial charge in [-0.05, 0) is 27.0 Å². The van der Waals surface area contributed by atoms with Crippen molar-refractivity contribution in [1.29, 1.82) is 0 Å². The normalized spacial score (nSPS) is 14.9. The van der Waals surface area contributed by atoms with Gasteiger partial charge in [-0.15, -0.1) is 0 Å². The Kier molecular flexibility index (Phi) is 4.77. The van der Waals surface area contributed by atoms with Gasteiger partial charge in [-0.2, -0.15) is 0 Å². The number of likely N-dealkylation sites (N-methyl/N-ethyl adjacent to an activating group) is 1. The van der Waals surface area contributed by atoms with E-state index in [1.807, 2.05) is 25.1 Å². The number of hydrogen-bond donors (Lipinski definition) is 1. The molecule has 0 aliphatic carbocycles. The van der Waals surface area contributed by atoms with E-state index in [0.717, 1.165) is 12.3 Å². The highest BCUT2D eigenvalue weighted by atomic mass is 16.5. The van der Waals surface area contributed by atoms with Crippen molar-refractivity contribution in [2.45, 2.75) is 32.5 Å². The van der Waals surface area contributed by atoms with Gasteiger partial charge in [0, 0.05) is 24.2 Å². The maximum absolute atomic E-state index is 5.89. The highest BCUT2D eigenvalue weighted by molar-refractivity contribution is 5.33. The number of rotatable bonds is 5. The molecule has 2 unspecified atom stereocenters. The van der Waals surface area contributed by atoms with Crippen LogP contribution in [0.2, 0.25) is 0 Å². The molecule has 0 aliphatic rings. The Morgan fingerprint density at radius 3 is 2.50 bits per heavy atom. The predicted molar refractivity (Wildman–Crippen MR) is 67.6 cm³/mol. The van der Waals surface area contributed by atoms with Crippen LogP contribution in [0, 0.1) is 0 Å². The Bertz CT molecular complexity index is 325. The van der Waals surface area contributed by atoms with Crippen LogP contribution in [0.15, 0.2) is 24.3 Å². The topological polar surface area (TPSA) is 38.5 Å². The molecule has 1 aromatic rings. The third kappa shape index (κ3) is 3.22. The number of methoxy groups -OCH3 is 1. The molecule has 0 aliphatic heterocycles. The Morgan fingerprint density at radius 1 is 1.31 bits per heavy atom. The molecule has 0 saturated heterocycles. The zero-order valence-electron chi connectivity index (χ0n) is 10.6. The van der Waals surface area contributed by atoms with Gasteiger partial charge in [-0.25, -0.2) is 0 Å². The number of para-hydroxylation sites is 1. The van der Waals surface area contributed by atoms with Crippen LogP contribution >= 0.6 is 0 Å². The van der Waals surface area contributed by atoms with Crippen molar-refractivity contribution in [1.82, 2.24) is 4.90 Å². The zero-order valence-corrected chi connectivity index (χ0v) is 10.6. The smallest absolute Gasteiger partial charge is 0.123 e. The van der Waals surface area contributed by atoms with E-state index >= 15 is 0 Å². The van der Waals surface area contributed by atoms with E-state index in [-0.39, 0.29) is 6.04 Å². The van der Waals surface area contributed by atoms with Crippen molar-refractivity contribution in [3.8, 4) is 5.75 Å². The number of ether oxygens (including phenoxy) is 1. The minimum atomic E-state index is 0.166. The van der Waals surface area contributed by atoms with Gasteiger partial charge in [-0.1, -0.05) is 18.2 Å². The van der Waals surface area contributed by atoms with Crippen LogP contribution in [-0.4, -0.2) is 31.1 Å². The van der Waals surface area contributed by atoms with Crippen LogP contribution in [0.25, 0.3) is 0 Å². The van der Waals surface area contributed by atoms with Crippen molar-refractivity contribution >= 4 is 0 Å². The van der Waals surface area contributed by atoms with Crippen LogP contribution in [0.3, 0.4) is 0 Å². The maximum atomic E-state index is 5.89. The standard InChI is InChI=1S/C13H22N2O/c1-10(14)11(2)15(3)9-12-7-5-6-8-13(12)16-4/h5-8,10-11H,9,14H2,1-4H3. The van der Waals surface area contributed by atoms with Gasteiger partial charge in [0.25, 0.3) is 0 Å². The second kappa shape index (κ2) is 5.87. The Balaban J connectivity index is 2.72. The molecule has 3 nitrogen and oxygen atoms in total. The summed E-state index contributed by atoms with van der Waals surface area (Å²) < 4.78 is 5.33. The van der Waals surface area contributed by atoms with Crippen LogP contribution in [0.5, 0.6) is 5.75 Å². The fourth-order valence-electron chi connectivity index (χ4n) is 1.65. The van der Waals surface area contributed by atoms with Crippen molar-refractivity contribution < 1.29 is 4.74 Å². The van der Waals surface area contributed by atoms with Crippen molar-refractivity contribution in [2.75, 3.05) is 14.2 Å². The monoisotopic (exact) mass is 222 g/mol. The number of nitrogens with zero attached hydrogens (tertiary/aromatic N) is 1. The minimum Gasteiger partial charge on any atom is -0.496 e. The van der Waals surface area contributed by atoms with Crippen molar-refractivity contribution in [3.05, 3.63) is 29.8 Å². The summed E-state index contributed by atoms with van der Waals surface area (Å²) in [5, 5.41) is 0. The van der Waals surface area contributed by atoms with Gasteiger partial charge in [0.2, 0.25) is 0 Å². The lowest BCUT2D eigenvalue weighted by molar-refractivity contribution is 0.222. The molecule has 1 aromatic carbocycles. The van der Waals surface area contributed by atoms with E-state index in [1.165, 1.54) is 5.56 Å². The summed E-state index contributed by atoms with van der Waals surface area (Å²) in [7, 11) is 3.79. The highest BCUT2D eigenvalue weighted by Gasteiger charge is 2.14. The van der Waals surface area contributed by atoms with Gasteiger partial charge in [0.05, 0.1) is 7.11 Å². The molecular weight excluding hydrogens is 200 g/mol. The van der Waals surface area contributed by atoms with Crippen LogP contribution in [0.4, 0.5) is 0 Å². The molecule has 0 fully saturated rings. The van der Waals surface area contributed by atoms with Crippen molar-refractivity contribution in [3.63, 3.8) is 0 Å². The molecule has 2 N–H and O–H groups in total. The SMILES string of the molecule is COc1ccccc1CN(C)C(C)C(C)N. The summed E-state index contributed by atoms with van der Waals surface area (Å²) >= 11 is 0. The molecule has 0 bridgehead atoms. The summed E-state index contributed by atoms with van der Waals surface area (Å²) in [5.74, 6) is 0.936. The molecule has 1 rings (SSSR count). The first-order chi connectivity index (χ1) is 7.56. The minimum absolute atomic E-state index is 0.166. The van der Waals surface area contributed by atoms with Gasteiger partial charge in [-0.3, -0.25) is 4.90 Å². The molecule has 2 atom stereocenters. The Hall–Kier alpha value is -1.06. The summed E-state index contributed by atoms with van der Waals surface area (Å²) in [6.45, 7) is 5.02. The van der Waals surface area contributed by atoms with Crippen LogP contribution in [-0.2, 0) is 6.54 Å². The molecular formula is C13H22N2O. The summed E-state index contributed by atoms with van der Waals surface area (Å²) in [5.41, 5.74) is 7.08. The van der Waals surface area contributed by atoms with E-state index in [9.17, 15) is 0 Å². The predicted octanol–water partition coefficient (Wildman–Crippen LogP) is 1.86.